The Morgan fingerprint density at radius 1 is 1.15 bits per heavy atom. The first-order chi connectivity index (χ1) is 12.4. The van der Waals surface area contributed by atoms with Crippen molar-refractivity contribution in [1.29, 1.82) is 0 Å². The molecule has 0 spiro atoms. The third-order valence-electron chi connectivity index (χ3n) is 3.55. The van der Waals surface area contributed by atoms with E-state index < -0.39 is 24.5 Å². The van der Waals surface area contributed by atoms with Gasteiger partial charge in [0.1, 0.15) is 0 Å². The Bertz CT molecular complexity index is 853. The van der Waals surface area contributed by atoms with Crippen LogP contribution in [0.3, 0.4) is 0 Å². The summed E-state index contributed by atoms with van der Waals surface area (Å²) in [6.45, 7) is 3.31. The SMILES string of the molecule is COC(=O)c1ccc(C)c(NC(=O)COC(=O)/C=C/c2sccc2C)c1. The predicted octanol–water partition coefficient (Wildman–Crippen LogP) is 3.35. The highest BCUT2D eigenvalue weighted by molar-refractivity contribution is 7.11. The van der Waals surface area contributed by atoms with Crippen molar-refractivity contribution >= 4 is 40.9 Å². The molecule has 0 bridgehead atoms. The van der Waals surface area contributed by atoms with Gasteiger partial charge in [-0.3, -0.25) is 4.79 Å². The van der Waals surface area contributed by atoms with Gasteiger partial charge in [-0.25, -0.2) is 9.59 Å². The molecule has 0 aliphatic rings. The van der Waals surface area contributed by atoms with Crippen LogP contribution in [-0.2, 0) is 19.1 Å². The van der Waals surface area contributed by atoms with Gasteiger partial charge in [-0.1, -0.05) is 6.07 Å². The molecule has 0 saturated heterocycles. The van der Waals surface area contributed by atoms with Gasteiger partial charge in [0, 0.05) is 16.6 Å². The van der Waals surface area contributed by atoms with Crippen LogP contribution in [0.15, 0.2) is 35.7 Å². The molecule has 0 aliphatic carbocycles. The molecule has 0 unspecified atom stereocenters. The number of aryl methyl sites for hydroxylation is 2. The van der Waals surface area contributed by atoms with E-state index in [1.54, 1.807) is 25.1 Å². The van der Waals surface area contributed by atoms with Crippen molar-refractivity contribution in [1.82, 2.24) is 0 Å². The third kappa shape index (κ3) is 5.29. The van der Waals surface area contributed by atoms with Gasteiger partial charge in [-0.15, -0.1) is 11.3 Å². The van der Waals surface area contributed by atoms with E-state index >= 15 is 0 Å². The molecule has 1 aromatic carbocycles. The number of rotatable bonds is 6. The van der Waals surface area contributed by atoms with Crippen molar-refractivity contribution in [2.24, 2.45) is 0 Å². The molecule has 0 atom stereocenters. The molecule has 26 heavy (non-hydrogen) atoms. The maximum absolute atomic E-state index is 12.0. The van der Waals surface area contributed by atoms with Gasteiger partial charge in [-0.2, -0.15) is 0 Å². The second-order valence-electron chi connectivity index (χ2n) is 5.48. The molecule has 1 heterocycles. The van der Waals surface area contributed by atoms with E-state index in [0.717, 1.165) is 16.0 Å². The standard InChI is InChI=1S/C19H19NO5S/c1-12-4-5-14(19(23)24-3)10-15(12)20-17(21)11-25-18(22)7-6-16-13(2)8-9-26-16/h4-10H,11H2,1-3H3,(H,20,21)/b7-6+. The van der Waals surface area contributed by atoms with Crippen LogP contribution < -0.4 is 5.32 Å². The lowest BCUT2D eigenvalue weighted by atomic mass is 10.1. The van der Waals surface area contributed by atoms with Gasteiger partial charge in [0.05, 0.1) is 12.7 Å². The smallest absolute Gasteiger partial charge is 0.337 e. The Morgan fingerprint density at radius 2 is 1.92 bits per heavy atom. The molecule has 2 aromatic rings. The third-order valence-corrected chi connectivity index (χ3v) is 4.53. The lowest BCUT2D eigenvalue weighted by molar-refractivity contribution is -0.142. The maximum atomic E-state index is 12.0. The number of thiophene rings is 1. The number of methoxy groups -OCH3 is 1. The molecule has 136 valence electrons. The summed E-state index contributed by atoms with van der Waals surface area (Å²) in [6, 6.07) is 6.77. The van der Waals surface area contributed by atoms with Crippen LogP contribution in [-0.4, -0.2) is 31.6 Å². The molecule has 7 heteroatoms. The molecule has 1 aromatic heterocycles. The van der Waals surface area contributed by atoms with Crippen LogP contribution in [0.1, 0.15) is 26.4 Å². The van der Waals surface area contributed by atoms with Crippen molar-refractivity contribution in [3.05, 3.63) is 57.3 Å². The first-order valence-corrected chi connectivity index (χ1v) is 8.66. The van der Waals surface area contributed by atoms with Crippen LogP contribution >= 0.6 is 11.3 Å². The number of hydrogen-bond donors (Lipinski definition) is 1. The van der Waals surface area contributed by atoms with Gasteiger partial charge in [0.25, 0.3) is 5.91 Å². The molecule has 0 radical (unpaired) electrons. The Balaban J connectivity index is 1.90. The summed E-state index contributed by atoms with van der Waals surface area (Å²) in [5.41, 5.74) is 2.61. The number of esters is 2. The van der Waals surface area contributed by atoms with E-state index in [2.05, 4.69) is 10.1 Å². The summed E-state index contributed by atoms with van der Waals surface area (Å²) in [5, 5.41) is 4.55. The second kappa shape index (κ2) is 8.96. The van der Waals surface area contributed by atoms with E-state index in [9.17, 15) is 14.4 Å². The van der Waals surface area contributed by atoms with Gasteiger partial charge in [0.15, 0.2) is 6.61 Å². The first kappa shape index (κ1) is 19.4. The zero-order valence-corrected chi connectivity index (χ0v) is 15.5. The number of carbonyl (C=O) groups is 3. The monoisotopic (exact) mass is 373 g/mol. The minimum Gasteiger partial charge on any atom is -0.465 e. The normalized spacial score (nSPS) is 10.6. The molecule has 1 N–H and O–H groups in total. The quantitative estimate of drug-likeness (QED) is 0.620. The number of ether oxygens (including phenoxy) is 2. The van der Waals surface area contributed by atoms with Gasteiger partial charge >= 0.3 is 11.9 Å². The summed E-state index contributed by atoms with van der Waals surface area (Å²) >= 11 is 1.51. The van der Waals surface area contributed by atoms with E-state index in [4.69, 9.17) is 4.74 Å². The van der Waals surface area contributed by atoms with Crippen LogP contribution in [0.25, 0.3) is 6.08 Å². The van der Waals surface area contributed by atoms with E-state index in [1.807, 2.05) is 18.4 Å². The Morgan fingerprint density at radius 3 is 2.58 bits per heavy atom. The van der Waals surface area contributed by atoms with Gasteiger partial charge < -0.3 is 14.8 Å². The molecular weight excluding hydrogens is 354 g/mol. The highest BCUT2D eigenvalue weighted by Crippen LogP contribution is 2.18. The highest BCUT2D eigenvalue weighted by Gasteiger charge is 2.11. The lowest BCUT2D eigenvalue weighted by Gasteiger charge is -2.10. The molecule has 0 fully saturated rings. The fraction of sp³-hybridized carbons (Fsp3) is 0.211. The average Bonchev–Trinajstić information content (AvgIpc) is 3.04. The lowest BCUT2D eigenvalue weighted by Crippen LogP contribution is -2.21. The first-order valence-electron chi connectivity index (χ1n) is 7.78. The maximum Gasteiger partial charge on any atom is 0.337 e. The van der Waals surface area contributed by atoms with Gasteiger partial charge in [-0.05, 0) is 54.6 Å². The van der Waals surface area contributed by atoms with Gasteiger partial charge in [0.2, 0.25) is 0 Å². The fourth-order valence-corrected chi connectivity index (χ4v) is 2.89. The van der Waals surface area contributed by atoms with Crippen LogP contribution in [0, 0.1) is 13.8 Å². The number of nitrogens with one attached hydrogen (secondary N) is 1. The number of anilines is 1. The van der Waals surface area contributed by atoms with Crippen LogP contribution in [0.4, 0.5) is 5.69 Å². The van der Waals surface area contributed by atoms with E-state index in [-0.39, 0.29) is 0 Å². The number of hydrogen-bond acceptors (Lipinski definition) is 6. The molecule has 1 amide bonds. The zero-order valence-electron chi connectivity index (χ0n) is 14.7. The Hall–Kier alpha value is -2.93. The highest BCUT2D eigenvalue weighted by atomic mass is 32.1. The van der Waals surface area contributed by atoms with Crippen molar-refractivity contribution in [2.45, 2.75) is 13.8 Å². The van der Waals surface area contributed by atoms with Crippen LogP contribution in [0.5, 0.6) is 0 Å². The summed E-state index contributed by atoms with van der Waals surface area (Å²) in [7, 11) is 1.28. The Kier molecular flexibility index (Phi) is 6.68. The average molecular weight is 373 g/mol. The molecule has 2 rings (SSSR count). The summed E-state index contributed by atoms with van der Waals surface area (Å²) in [6.07, 6.45) is 2.94. The van der Waals surface area contributed by atoms with E-state index in [0.29, 0.717) is 11.3 Å². The fourth-order valence-electron chi connectivity index (χ4n) is 2.07. The Labute approximate surface area is 155 Å². The minimum atomic E-state index is -0.604. The van der Waals surface area contributed by atoms with Crippen molar-refractivity contribution in [3.8, 4) is 0 Å². The minimum absolute atomic E-state index is 0.319. The predicted molar refractivity (Wildman–Crippen MR) is 100 cm³/mol. The van der Waals surface area contributed by atoms with Crippen LogP contribution in [0.2, 0.25) is 0 Å². The summed E-state index contributed by atoms with van der Waals surface area (Å²) in [5.74, 6) is -1.60. The number of benzene rings is 1. The van der Waals surface area contributed by atoms with Crippen molar-refractivity contribution in [3.63, 3.8) is 0 Å². The number of amides is 1. The van der Waals surface area contributed by atoms with Crippen molar-refractivity contribution in [2.75, 3.05) is 19.0 Å². The molecule has 6 nitrogen and oxygen atoms in total. The second-order valence-corrected chi connectivity index (χ2v) is 6.43. The topological polar surface area (TPSA) is 81.7 Å². The van der Waals surface area contributed by atoms with Crippen molar-refractivity contribution < 1.29 is 23.9 Å². The zero-order chi connectivity index (χ0) is 19.1. The summed E-state index contributed by atoms with van der Waals surface area (Å²) in [4.78, 5) is 36.2. The molecule has 0 aliphatic heterocycles. The molecular formula is C19H19NO5S. The largest absolute Gasteiger partial charge is 0.465 e. The van der Waals surface area contributed by atoms with E-state index in [1.165, 1.54) is 30.6 Å². The summed E-state index contributed by atoms with van der Waals surface area (Å²) < 4.78 is 9.58. The molecule has 0 saturated carbocycles. The number of carbonyl (C=O) groups excluding carboxylic acids is 3.